The van der Waals surface area contributed by atoms with E-state index in [1.807, 2.05) is 6.92 Å². The molecule has 1 atom stereocenters. The molecule has 0 spiro atoms. The summed E-state index contributed by atoms with van der Waals surface area (Å²) in [6.07, 6.45) is 8.93. The first-order valence-corrected chi connectivity index (χ1v) is 10.5. The smallest absolute Gasteiger partial charge is 0.287 e. The minimum absolute atomic E-state index is 0.168. The first-order chi connectivity index (χ1) is 13.7. The largest absolute Gasteiger partial charge is 0.459 e. The number of carbonyl (C=O) groups excluding carboxylic acids is 1. The minimum atomic E-state index is -0.168. The van der Waals surface area contributed by atoms with Crippen molar-refractivity contribution in [3.63, 3.8) is 0 Å². The van der Waals surface area contributed by atoms with Gasteiger partial charge >= 0.3 is 0 Å². The zero-order chi connectivity index (χ0) is 20.2. The molecule has 1 heterocycles. The lowest BCUT2D eigenvalue weighted by atomic mass is 9.98. The molecule has 1 aliphatic rings. The van der Waals surface area contributed by atoms with Crippen molar-refractivity contribution in [2.24, 2.45) is 10.9 Å². The molecule has 1 aliphatic carbocycles. The molecule has 0 aromatic carbocycles. The van der Waals surface area contributed by atoms with Crippen molar-refractivity contribution in [1.82, 2.24) is 16.0 Å². The molecule has 2 rings (SSSR count). The summed E-state index contributed by atoms with van der Waals surface area (Å²) in [7, 11) is 1.77. The molecule has 1 aromatic heterocycles. The van der Waals surface area contributed by atoms with Gasteiger partial charge in [0.2, 0.25) is 0 Å². The molecule has 0 bridgehead atoms. The van der Waals surface area contributed by atoms with Crippen LogP contribution in [0, 0.1) is 12.8 Å². The maximum atomic E-state index is 12.0. The number of ether oxygens (including phenoxy) is 1. The number of guanidine groups is 1. The molecule has 7 heteroatoms. The van der Waals surface area contributed by atoms with Gasteiger partial charge in [0.1, 0.15) is 0 Å². The Bertz CT molecular complexity index is 609. The fraction of sp³-hybridized carbons (Fsp3) is 0.714. The Morgan fingerprint density at radius 2 is 1.96 bits per heavy atom. The van der Waals surface area contributed by atoms with Crippen molar-refractivity contribution < 1.29 is 13.9 Å². The van der Waals surface area contributed by atoms with Crippen LogP contribution in [-0.2, 0) is 4.74 Å². The van der Waals surface area contributed by atoms with Crippen LogP contribution in [0.1, 0.15) is 61.6 Å². The number of aliphatic imine (C=N–C) groups is 1. The number of aryl methyl sites for hydroxylation is 1. The summed E-state index contributed by atoms with van der Waals surface area (Å²) in [6.45, 7) is 6.86. The molecule has 7 nitrogen and oxygen atoms in total. The summed E-state index contributed by atoms with van der Waals surface area (Å²) >= 11 is 0. The second-order valence-electron chi connectivity index (χ2n) is 7.29. The number of nitrogens with one attached hydrogen (secondary N) is 3. The molecule has 0 saturated heterocycles. The summed E-state index contributed by atoms with van der Waals surface area (Å²) in [5, 5.41) is 9.53. The topological polar surface area (TPSA) is 87.9 Å². The Balaban J connectivity index is 1.59. The number of hydrogen-bond acceptors (Lipinski definition) is 4. The first-order valence-electron chi connectivity index (χ1n) is 10.5. The van der Waals surface area contributed by atoms with Gasteiger partial charge in [0, 0.05) is 38.9 Å². The Hall–Kier alpha value is -2.02. The van der Waals surface area contributed by atoms with Crippen molar-refractivity contribution in [1.29, 1.82) is 0 Å². The number of rotatable bonds is 11. The fourth-order valence-electron chi connectivity index (χ4n) is 3.73. The zero-order valence-electron chi connectivity index (χ0n) is 17.6. The second kappa shape index (κ2) is 12.4. The second-order valence-corrected chi connectivity index (χ2v) is 7.29. The summed E-state index contributed by atoms with van der Waals surface area (Å²) in [4.78, 5) is 16.2. The molecular weight excluding hydrogens is 356 g/mol. The van der Waals surface area contributed by atoms with E-state index in [4.69, 9.17) is 9.15 Å². The van der Waals surface area contributed by atoms with Crippen LogP contribution >= 0.6 is 0 Å². The Morgan fingerprint density at radius 3 is 2.61 bits per heavy atom. The highest BCUT2D eigenvalue weighted by atomic mass is 16.5. The molecule has 1 fully saturated rings. The van der Waals surface area contributed by atoms with Crippen LogP contribution in [0.5, 0.6) is 0 Å². The highest BCUT2D eigenvalue weighted by Crippen LogP contribution is 2.30. The zero-order valence-corrected chi connectivity index (χ0v) is 17.6. The van der Waals surface area contributed by atoms with E-state index in [2.05, 4.69) is 27.9 Å². The molecular formula is C21H36N4O3. The molecule has 1 saturated carbocycles. The number of carbonyl (C=O) groups is 1. The molecule has 28 heavy (non-hydrogen) atoms. The van der Waals surface area contributed by atoms with E-state index in [1.54, 1.807) is 13.1 Å². The van der Waals surface area contributed by atoms with E-state index >= 15 is 0 Å². The Labute approximate surface area is 168 Å². The SMILES string of the molecule is CCOC(CCNC(=NC)NCCCNC(=O)c1occc1C)C1CCCC1. The van der Waals surface area contributed by atoms with Gasteiger partial charge in [-0.1, -0.05) is 12.8 Å². The molecule has 1 unspecified atom stereocenters. The van der Waals surface area contributed by atoms with Crippen molar-refractivity contribution >= 4 is 11.9 Å². The summed E-state index contributed by atoms with van der Waals surface area (Å²) in [5.74, 6) is 1.71. The van der Waals surface area contributed by atoms with Gasteiger partial charge in [0.05, 0.1) is 12.4 Å². The molecule has 158 valence electrons. The maximum absolute atomic E-state index is 12.0. The molecule has 1 amide bonds. The lowest BCUT2D eigenvalue weighted by Gasteiger charge is -2.24. The van der Waals surface area contributed by atoms with Gasteiger partial charge in [-0.05, 0) is 51.5 Å². The summed E-state index contributed by atoms with van der Waals surface area (Å²) in [5.41, 5.74) is 0.850. The normalized spacial score (nSPS) is 16.2. The summed E-state index contributed by atoms with van der Waals surface area (Å²) in [6, 6.07) is 1.79. The predicted octanol–water partition coefficient (Wildman–Crippen LogP) is 2.86. The third-order valence-corrected chi connectivity index (χ3v) is 5.25. The highest BCUT2D eigenvalue weighted by molar-refractivity contribution is 5.92. The molecule has 3 N–H and O–H groups in total. The van der Waals surface area contributed by atoms with Gasteiger partial charge in [0.25, 0.3) is 5.91 Å². The van der Waals surface area contributed by atoms with E-state index in [1.165, 1.54) is 31.9 Å². The van der Waals surface area contributed by atoms with Gasteiger partial charge in [0.15, 0.2) is 11.7 Å². The van der Waals surface area contributed by atoms with Crippen LogP contribution in [0.2, 0.25) is 0 Å². The average molecular weight is 393 g/mol. The number of nitrogens with zero attached hydrogens (tertiary/aromatic N) is 1. The van der Waals surface area contributed by atoms with Crippen LogP contribution in [0.25, 0.3) is 0 Å². The number of hydrogen-bond donors (Lipinski definition) is 3. The minimum Gasteiger partial charge on any atom is -0.459 e. The lowest BCUT2D eigenvalue weighted by molar-refractivity contribution is 0.0169. The lowest BCUT2D eigenvalue weighted by Crippen LogP contribution is -2.40. The van der Waals surface area contributed by atoms with E-state index in [9.17, 15) is 4.79 Å². The van der Waals surface area contributed by atoms with E-state index in [0.717, 1.165) is 44.1 Å². The Kier molecular flexibility index (Phi) is 9.90. The first kappa shape index (κ1) is 22.3. The maximum Gasteiger partial charge on any atom is 0.287 e. The van der Waals surface area contributed by atoms with Crippen LogP contribution < -0.4 is 16.0 Å². The van der Waals surface area contributed by atoms with Crippen LogP contribution in [0.4, 0.5) is 0 Å². The van der Waals surface area contributed by atoms with E-state index in [-0.39, 0.29) is 5.91 Å². The van der Waals surface area contributed by atoms with Gasteiger partial charge in [-0.25, -0.2) is 0 Å². The predicted molar refractivity (Wildman–Crippen MR) is 112 cm³/mol. The summed E-state index contributed by atoms with van der Waals surface area (Å²) < 4.78 is 11.2. The van der Waals surface area contributed by atoms with Gasteiger partial charge in [-0.15, -0.1) is 0 Å². The van der Waals surface area contributed by atoms with Crippen LogP contribution in [0.3, 0.4) is 0 Å². The number of furan rings is 1. The van der Waals surface area contributed by atoms with Crippen molar-refractivity contribution in [2.75, 3.05) is 33.3 Å². The van der Waals surface area contributed by atoms with Gasteiger partial charge in [-0.3, -0.25) is 9.79 Å². The third kappa shape index (κ3) is 7.19. The fourth-order valence-corrected chi connectivity index (χ4v) is 3.73. The third-order valence-electron chi connectivity index (χ3n) is 5.25. The monoisotopic (exact) mass is 392 g/mol. The van der Waals surface area contributed by atoms with Crippen LogP contribution in [-0.4, -0.2) is 51.3 Å². The van der Waals surface area contributed by atoms with Crippen molar-refractivity contribution in [3.05, 3.63) is 23.7 Å². The van der Waals surface area contributed by atoms with E-state index < -0.39 is 0 Å². The van der Waals surface area contributed by atoms with Crippen molar-refractivity contribution in [3.8, 4) is 0 Å². The van der Waals surface area contributed by atoms with Gasteiger partial charge < -0.3 is 25.1 Å². The highest BCUT2D eigenvalue weighted by Gasteiger charge is 2.25. The van der Waals surface area contributed by atoms with Gasteiger partial charge in [-0.2, -0.15) is 0 Å². The molecule has 0 aliphatic heterocycles. The molecule has 0 radical (unpaired) electrons. The standard InChI is InChI=1S/C21H36N4O3/c1-4-27-18(17-8-5-6-9-17)10-14-25-21(22-3)24-13-7-12-23-20(26)19-16(2)11-15-28-19/h11,15,17-18H,4-10,12-14H2,1-3H3,(H,23,26)(H2,22,24,25). The molecule has 1 aromatic rings. The van der Waals surface area contributed by atoms with E-state index in [0.29, 0.717) is 24.3 Å². The van der Waals surface area contributed by atoms with Crippen LogP contribution in [0.15, 0.2) is 21.7 Å². The number of amides is 1. The average Bonchev–Trinajstić information content (AvgIpc) is 3.37. The Morgan fingerprint density at radius 1 is 1.25 bits per heavy atom. The van der Waals surface area contributed by atoms with Crippen molar-refractivity contribution in [2.45, 2.75) is 58.5 Å². The quantitative estimate of drug-likeness (QED) is 0.306.